The summed E-state index contributed by atoms with van der Waals surface area (Å²) in [5.74, 6) is 1.72. The Balaban J connectivity index is 1.92. The van der Waals surface area contributed by atoms with Gasteiger partial charge in [0, 0.05) is 16.6 Å². The quantitative estimate of drug-likeness (QED) is 0.520. The highest BCUT2D eigenvalue weighted by molar-refractivity contribution is 5.92. The SMILES string of the molecule is COc1cc(/C=N\Nc2cc(C)nc3ccc(C)cc23)cc(OC)c1OC. The van der Waals surface area contributed by atoms with Gasteiger partial charge in [0.2, 0.25) is 5.75 Å². The Morgan fingerprint density at radius 2 is 1.63 bits per heavy atom. The van der Waals surface area contributed by atoms with E-state index in [-0.39, 0.29) is 0 Å². The van der Waals surface area contributed by atoms with Gasteiger partial charge in [-0.25, -0.2) is 0 Å². The molecule has 0 saturated carbocycles. The smallest absolute Gasteiger partial charge is 0.203 e. The highest BCUT2D eigenvalue weighted by Crippen LogP contribution is 2.37. The third-order valence-electron chi connectivity index (χ3n) is 4.18. The summed E-state index contributed by atoms with van der Waals surface area (Å²) in [5.41, 5.74) is 7.89. The second-order valence-corrected chi connectivity index (χ2v) is 6.16. The maximum absolute atomic E-state index is 5.38. The summed E-state index contributed by atoms with van der Waals surface area (Å²) in [6.07, 6.45) is 1.71. The van der Waals surface area contributed by atoms with E-state index >= 15 is 0 Å². The largest absolute Gasteiger partial charge is 0.493 e. The van der Waals surface area contributed by atoms with Crippen molar-refractivity contribution < 1.29 is 14.2 Å². The van der Waals surface area contributed by atoms with Gasteiger partial charge in [0.1, 0.15) is 0 Å². The normalized spacial score (nSPS) is 11.0. The van der Waals surface area contributed by atoms with Crippen LogP contribution in [0.4, 0.5) is 5.69 Å². The minimum absolute atomic E-state index is 0.552. The summed E-state index contributed by atoms with van der Waals surface area (Å²) in [7, 11) is 4.75. The maximum Gasteiger partial charge on any atom is 0.203 e. The molecule has 2 aromatic carbocycles. The second kappa shape index (κ2) is 7.95. The second-order valence-electron chi connectivity index (χ2n) is 6.16. The molecule has 1 heterocycles. The Bertz CT molecular complexity index is 974. The van der Waals surface area contributed by atoms with Crippen molar-refractivity contribution >= 4 is 22.8 Å². The number of methoxy groups -OCH3 is 3. The van der Waals surface area contributed by atoms with Crippen molar-refractivity contribution in [1.29, 1.82) is 0 Å². The zero-order chi connectivity index (χ0) is 19.4. The number of nitrogens with zero attached hydrogens (tertiary/aromatic N) is 2. The van der Waals surface area contributed by atoms with Gasteiger partial charge in [-0.3, -0.25) is 10.4 Å². The molecule has 6 nitrogen and oxygen atoms in total. The highest BCUT2D eigenvalue weighted by Gasteiger charge is 2.12. The number of hydrogen-bond acceptors (Lipinski definition) is 6. The molecule has 0 bridgehead atoms. The number of nitrogens with one attached hydrogen (secondary N) is 1. The molecular weight excluding hydrogens is 342 g/mol. The lowest BCUT2D eigenvalue weighted by molar-refractivity contribution is 0.324. The van der Waals surface area contributed by atoms with E-state index in [1.807, 2.05) is 31.2 Å². The maximum atomic E-state index is 5.38. The Morgan fingerprint density at radius 3 is 2.26 bits per heavy atom. The molecule has 3 rings (SSSR count). The van der Waals surface area contributed by atoms with Crippen LogP contribution < -0.4 is 19.6 Å². The van der Waals surface area contributed by atoms with E-state index in [4.69, 9.17) is 14.2 Å². The molecular formula is C21H23N3O3. The van der Waals surface area contributed by atoms with Gasteiger partial charge < -0.3 is 14.2 Å². The van der Waals surface area contributed by atoms with Gasteiger partial charge in [-0.1, -0.05) is 11.6 Å². The molecule has 0 spiro atoms. The Labute approximate surface area is 158 Å². The fourth-order valence-electron chi connectivity index (χ4n) is 2.92. The molecule has 0 aliphatic rings. The van der Waals surface area contributed by atoms with E-state index in [2.05, 4.69) is 34.6 Å². The predicted octanol–water partition coefficient (Wildman–Crippen LogP) is 4.32. The van der Waals surface area contributed by atoms with E-state index in [1.165, 1.54) is 5.56 Å². The predicted molar refractivity (Wildman–Crippen MR) is 109 cm³/mol. The van der Waals surface area contributed by atoms with Crippen molar-refractivity contribution in [3.05, 3.63) is 53.2 Å². The van der Waals surface area contributed by atoms with Gasteiger partial charge in [0.05, 0.1) is 38.7 Å². The summed E-state index contributed by atoms with van der Waals surface area (Å²) in [6.45, 7) is 4.02. The van der Waals surface area contributed by atoms with Crippen LogP contribution in [-0.2, 0) is 0 Å². The molecule has 0 aliphatic carbocycles. The molecule has 0 aliphatic heterocycles. The third-order valence-corrected chi connectivity index (χ3v) is 4.18. The average molecular weight is 365 g/mol. The molecule has 0 atom stereocenters. The molecule has 27 heavy (non-hydrogen) atoms. The van der Waals surface area contributed by atoms with Crippen molar-refractivity contribution in [3.8, 4) is 17.2 Å². The molecule has 3 aromatic rings. The van der Waals surface area contributed by atoms with Crippen molar-refractivity contribution in [2.24, 2.45) is 5.10 Å². The first-order valence-electron chi connectivity index (χ1n) is 8.52. The zero-order valence-electron chi connectivity index (χ0n) is 16.2. The number of benzene rings is 2. The number of hydrazone groups is 1. The van der Waals surface area contributed by atoms with E-state index in [9.17, 15) is 0 Å². The van der Waals surface area contributed by atoms with Gasteiger partial charge in [-0.15, -0.1) is 0 Å². The van der Waals surface area contributed by atoms with Crippen LogP contribution in [-0.4, -0.2) is 32.5 Å². The van der Waals surface area contributed by atoms with Gasteiger partial charge in [0.25, 0.3) is 0 Å². The number of rotatable bonds is 6. The van der Waals surface area contributed by atoms with Gasteiger partial charge >= 0.3 is 0 Å². The third kappa shape index (κ3) is 3.95. The van der Waals surface area contributed by atoms with Gasteiger partial charge in [-0.05, 0) is 44.2 Å². The first-order chi connectivity index (χ1) is 13.0. The average Bonchev–Trinajstić information content (AvgIpc) is 2.67. The monoisotopic (exact) mass is 365 g/mol. The Hall–Kier alpha value is -3.28. The standard InChI is InChI=1S/C21H23N3O3/c1-13-6-7-17-16(8-13)18(9-14(2)23-17)24-22-12-15-10-19(25-3)21(27-5)20(11-15)26-4/h6-12H,1-5H3,(H,23,24)/b22-12-. The number of aryl methyl sites for hydroxylation is 2. The molecule has 1 aromatic heterocycles. The first kappa shape index (κ1) is 18.5. The van der Waals surface area contributed by atoms with Crippen LogP contribution in [0.5, 0.6) is 17.2 Å². The van der Waals surface area contributed by atoms with E-state index < -0.39 is 0 Å². The summed E-state index contributed by atoms with van der Waals surface area (Å²) in [6, 6.07) is 11.8. The van der Waals surface area contributed by atoms with E-state index in [1.54, 1.807) is 27.5 Å². The summed E-state index contributed by atoms with van der Waals surface area (Å²) in [4.78, 5) is 4.57. The lowest BCUT2D eigenvalue weighted by Crippen LogP contribution is -1.98. The molecule has 0 fully saturated rings. The minimum Gasteiger partial charge on any atom is -0.493 e. The Kier molecular flexibility index (Phi) is 5.45. The highest BCUT2D eigenvalue weighted by atomic mass is 16.5. The summed E-state index contributed by atoms with van der Waals surface area (Å²) in [5, 5.41) is 5.41. The van der Waals surface area contributed by atoms with Crippen LogP contribution in [0.25, 0.3) is 10.9 Å². The number of ether oxygens (including phenoxy) is 3. The van der Waals surface area contributed by atoms with Crippen LogP contribution in [0.1, 0.15) is 16.8 Å². The molecule has 6 heteroatoms. The topological polar surface area (TPSA) is 65.0 Å². The van der Waals surface area contributed by atoms with Crippen molar-refractivity contribution in [3.63, 3.8) is 0 Å². The fraction of sp³-hybridized carbons (Fsp3) is 0.238. The van der Waals surface area contributed by atoms with Crippen molar-refractivity contribution in [1.82, 2.24) is 4.98 Å². The molecule has 0 radical (unpaired) electrons. The molecule has 0 amide bonds. The molecule has 140 valence electrons. The van der Waals surface area contributed by atoms with Crippen molar-refractivity contribution in [2.75, 3.05) is 26.8 Å². The van der Waals surface area contributed by atoms with Crippen molar-refractivity contribution in [2.45, 2.75) is 13.8 Å². The number of pyridine rings is 1. The number of aromatic nitrogens is 1. The first-order valence-corrected chi connectivity index (χ1v) is 8.52. The van der Waals surface area contributed by atoms with Crippen LogP contribution in [0.2, 0.25) is 0 Å². The van der Waals surface area contributed by atoms with Crippen LogP contribution >= 0.6 is 0 Å². The summed E-state index contributed by atoms with van der Waals surface area (Å²) < 4.78 is 16.1. The Morgan fingerprint density at radius 1 is 0.926 bits per heavy atom. The van der Waals surface area contributed by atoms with Crippen LogP contribution in [0.3, 0.4) is 0 Å². The fourth-order valence-corrected chi connectivity index (χ4v) is 2.92. The lowest BCUT2D eigenvalue weighted by Gasteiger charge is -2.12. The number of hydrogen-bond donors (Lipinski definition) is 1. The van der Waals surface area contributed by atoms with E-state index in [0.717, 1.165) is 27.8 Å². The zero-order valence-corrected chi connectivity index (χ0v) is 16.2. The van der Waals surface area contributed by atoms with Gasteiger partial charge in [-0.2, -0.15) is 5.10 Å². The minimum atomic E-state index is 0.552. The molecule has 1 N–H and O–H groups in total. The number of anilines is 1. The number of fused-ring (bicyclic) bond motifs is 1. The molecule has 0 unspecified atom stereocenters. The van der Waals surface area contributed by atoms with Gasteiger partial charge in [0.15, 0.2) is 11.5 Å². The lowest BCUT2D eigenvalue weighted by atomic mass is 10.1. The summed E-state index contributed by atoms with van der Waals surface area (Å²) >= 11 is 0. The van der Waals surface area contributed by atoms with Crippen LogP contribution in [0, 0.1) is 13.8 Å². The molecule has 0 saturated heterocycles. The van der Waals surface area contributed by atoms with E-state index in [0.29, 0.717) is 17.2 Å². The van der Waals surface area contributed by atoms with Crippen LogP contribution in [0.15, 0.2) is 41.5 Å².